The lowest BCUT2D eigenvalue weighted by molar-refractivity contribution is 0.601. The van der Waals surface area contributed by atoms with E-state index in [0.717, 1.165) is 4.47 Å². The van der Waals surface area contributed by atoms with Gasteiger partial charge in [-0.15, -0.1) is 0 Å². The number of nitrogens with one attached hydrogen (secondary N) is 2. The van der Waals surface area contributed by atoms with Crippen molar-refractivity contribution >= 4 is 31.8 Å². The summed E-state index contributed by atoms with van der Waals surface area (Å²) in [6.07, 6.45) is 1.25. The summed E-state index contributed by atoms with van der Waals surface area (Å²) in [5.41, 5.74) is 0.135. The minimum absolute atomic E-state index is 0.0559. The van der Waals surface area contributed by atoms with Gasteiger partial charge in [0.2, 0.25) is 0 Å². The average Bonchev–Trinajstić information content (AvgIpc) is 2.76. The Morgan fingerprint density at radius 1 is 1.33 bits per heavy atom. The van der Waals surface area contributed by atoms with Crippen molar-refractivity contribution in [2.24, 2.45) is 0 Å². The second kappa shape index (κ2) is 4.80. The van der Waals surface area contributed by atoms with Gasteiger partial charge < -0.3 is 0 Å². The van der Waals surface area contributed by atoms with Crippen LogP contribution in [-0.4, -0.2) is 18.6 Å². The van der Waals surface area contributed by atoms with Gasteiger partial charge in [-0.05, 0) is 24.3 Å². The second-order valence-corrected chi connectivity index (χ2v) is 5.93. The number of H-pyrrole nitrogens is 1. The van der Waals surface area contributed by atoms with Crippen LogP contribution in [0.1, 0.15) is 5.56 Å². The number of benzene rings is 1. The molecule has 0 aliphatic heterocycles. The molecule has 0 fully saturated rings. The maximum absolute atomic E-state index is 12.0. The Bertz CT molecular complexity index is 700. The lowest BCUT2D eigenvalue weighted by Gasteiger charge is -2.06. The third kappa shape index (κ3) is 2.52. The van der Waals surface area contributed by atoms with Crippen molar-refractivity contribution in [3.63, 3.8) is 0 Å². The van der Waals surface area contributed by atoms with Crippen molar-refractivity contribution in [2.45, 2.75) is 4.90 Å². The number of aromatic amines is 1. The third-order valence-electron chi connectivity index (χ3n) is 2.12. The molecule has 2 aromatic rings. The summed E-state index contributed by atoms with van der Waals surface area (Å²) in [7, 11) is -3.73. The summed E-state index contributed by atoms with van der Waals surface area (Å²) in [5.74, 6) is 0.0559. The van der Waals surface area contributed by atoms with E-state index in [1.54, 1.807) is 12.1 Å². The number of anilines is 1. The molecule has 0 amide bonds. The molecule has 92 valence electrons. The molecule has 6 nitrogen and oxygen atoms in total. The molecular weight excluding hydrogens is 320 g/mol. The van der Waals surface area contributed by atoms with Crippen LogP contribution in [-0.2, 0) is 10.0 Å². The van der Waals surface area contributed by atoms with E-state index >= 15 is 0 Å². The van der Waals surface area contributed by atoms with E-state index in [1.165, 1.54) is 18.3 Å². The number of halogens is 1. The number of aromatic nitrogens is 2. The molecule has 18 heavy (non-hydrogen) atoms. The highest BCUT2D eigenvalue weighted by Crippen LogP contribution is 2.18. The first-order valence-corrected chi connectivity index (χ1v) is 7.02. The van der Waals surface area contributed by atoms with Crippen LogP contribution < -0.4 is 4.72 Å². The predicted octanol–water partition coefficient (Wildman–Crippen LogP) is 1.84. The van der Waals surface area contributed by atoms with Crippen LogP contribution in [0.3, 0.4) is 0 Å². The molecule has 0 saturated heterocycles. The molecule has 2 rings (SSSR count). The smallest absolute Gasteiger partial charge is 0.263 e. The van der Waals surface area contributed by atoms with E-state index in [0.29, 0.717) is 0 Å². The summed E-state index contributed by atoms with van der Waals surface area (Å²) in [6, 6.07) is 7.97. The van der Waals surface area contributed by atoms with Gasteiger partial charge in [0.1, 0.15) is 11.6 Å². The van der Waals surface area contributed by atoms with Crippen LogP contribution in [0.2, 0.25) is 0 Å². The number of hydrogen-bond donors (Lipinski definition) is 2. The molecule has 1 aromatic heterocycles. The van der Waals surface area contributed by atoms with Gasteiger partial charge in [-0.25, -0.2) is 8.42 Å². The first kappa shape index (κ1) is 12.6. The van der Waals surface area contributed by atoms with Crippen molar-refractivity contribution in [3.8, 4) is 6.07 Å². The summed E-state index contributed by atoms with van der Waals surface area (Å²) in [6.45, 7) is 0. The number of sulfonamides is 1. The molecule has 8 heteroatoms. The monoisotopic (exact) mass is 326 g/mol. The fraction of sp³-hybridized carbons (Fsp3) is 0. The largest absolute Gasteiger partial charge is 0.263 e. The van der Waals surface area contributed by atoms with E-state index < -0.39 is 10.0 Å². The van der Waals surface area contributed by atoms with Crippen molar-refractivity contribution in [2.75, 3.05) is 4.72 Å². The minimum atomic E-state index is -3.73. The highest BCUT2D eigenvalue weighted by molar-refractivity contribution is 9.10. The zero-order valence-corrected chi connectivity index (χ0v) is 11.3. The standard InChI is InChI=1S/C10H7BrN4O2S/c11-8-1-3-9(4-2-8)18(16,17)15-10-7(5-12)6-13-14-10/h1-4,6H,(H2,13,14,15). The van der Waals surface area contributed by atoms with Crippen molar-refractivity contribution in [1.82, 2.24) is 10.2 Å². The highest BCUT2D eigenvalue weighted by atomic mass is 79.9. The fourth-order valence-corrected chi connectivity index (χ4v) is 2.56. The average molecular weight is 327 g/mol. The Hall–Kier alpha value is -1.85. The van der Waals surface area contributed by atoms with Crippen LogP contribution in [0.25, 0.3) is 0 Å². The molecule has 2 N–H and O–H groups in total. The molecule has 0 bridgehead atoms. The van der Waals surface area contributed by atoms with Crippen molar-refractivity contribution < 1.29 is 8.42 Å². The van der Waals surface area contributed by atoms with Gasteiger partial charge in [-0.2, -0.15) is 10.4 Å². The Balaban J connectivity index is 2.34. The summed E-state index contributed by atoms with van der Waals surface area (Å²) >= 11 is 3.22. The van der Waals surface area contributed by atoms with E-state index in [1.807, 2.05) is 6.07 Å². The predicted molar refractivity (Wildman–Crippen MR) is 68.3 cm³/mol. The number of nitrogens with zero attached hydrogens (tertiary/aromatic N) is 2. The third-order valence-corrected chi connectivity index (χ3v) is 4.01. The normalized spacial score (nSPS) is 10.9. The fourth-order valence-electron chi connectivity index (χ4n) is 1.26. The van der Waals surface area contributed by atoms with E-state index in [9.17, 15) is 8.42 Å². The SMILES string of the molecule is N#Cc1cn[nH]c1NS(=O)(=O)c1ccc(Br)cc1. The molecule has 0 aliphatic carbocycles. The number of hydrogen-bond acceptors (Lipinski definition) is 4. The summed E-state index contributed by atoms with van der Waals surface area (Å²) in [4.78, 5) is 0.101. The molecule has 0 spiro atoms. The van der Waals surface area contributed by atoms with E-state index in [2.05, 4.69) is 30.8 Å². The number of rotatable bonds is 3. The topological polar surface area (TPSA) is 98.6 Å². The Morgan fingerprint density at radius 3 is 2.61 bits per heavy atom. The Labute approximate surface area is 112 Å². The second-order valence-electron chi connectivity index (χ2n) is 3.33. The van der Waals surface area contributed by atoms with Gasteiger partial charge in [-0.1, -0.05) is 15.9 Å². The Kier molecular flexibility index (Phi) is 3.36. The van der Waals surface area contributed by atoms with E-state index in [-0.39, 0.29) is 16.3 Å². The van der Waals surface area contributed by atoms with Gasteiger partial charge in [0.15, 0.2) is 5.82 Å². The molecule has 1 aromatic carbocycles. The van der Waals surface area contributed by atoms with Gasteiger partial charge in [0, 0.05) is 4.47 Å². The van der Waals surface area contributed by atoms with Crippen LogP contribution in [0.4, 0.5) is 5.82 Å². The van der Waals surface area contributed by atoms with Crippen LogP contribution in [0, 0.1) is 11.3 Å². The first-order chi connectivity index (χ1) is 8.53. The lowest BCUT2D eigenvalue weighted by Crippen LogP contribution is -2.13. The van der Waals surface area contributed by atoms with Crippen LogP contribution >= 0.6 is 15.9 Å². The molecule has 0 unspecified atom stereocenters. The Morgan fingerprint density at radius 2 is 2.00 bits per heavy atom. The first-order valence-electron chi connectivity index (χ1n) is 4.75. The van der Waals surface area contributed by atoms with Gasteiger partial charge in [0.05, 0.1) is 11.1 Å². The maximum Gasteiger partial charge on any atom is 0.263 e. The maximum atomic E-state index is 12.0. The summed E-state index contributed by atoms with van der Waals surface area (Å²) in [5, 5.41) is 14.8. The summed E-state index contributed by atoms with van der Waals surface area (Å²) < 4.78 is 27.0. The van der Waals surface area contributed by atoms with Crippen molar-refractivity contribution in [1.29, 1.82) is 5.26 Å². The molecule has 0 aliphatic rings. The molecular formula is C10H7BrN4O2S. The highest BCUT2D eigenvalue weighted by Gasteiger charge is 2.16. The van der Waals surface area contributed by atoms with Gasteiger partial charge in [0.25, 0.3) is 10.0 Å². The lowest BCUT2D eigenvalue weighted by atomic mass is 10.4. The zero-order valence-electron chi connectivity index (χ0n) is 8.88. The molecule has 0 saturated carbocycles. The molecule has 1 heterocycles. The minimum Gasteiger partial charge on any atom is -0.263 e. The van der Waals surface area contributed by atoms with E-state index in [4.69, 9.17) is 5.26 Å². The van der Waals surface area contributed by atoms with Gasteiger partial charge >= 0.3 is 0 Å². The quantitative estimate of drug-likeness (QED) is 0.898. The van der Waals surface area contributed by atoms with Crippen molar-refractivity contribution in [3.05, 3.63) is 40.5 Å². The van der Waals surface area contributed by atoms with Crippen LogP contribution in [0.15, 0.2) is 39.8 Å². The number of nitriles is 1. The molecule has 0 radical (unpaired) electrons. The van der Waals surface area contributed by atoms with Crippen LogP contribution in [0.5, 0.6) is 0 Å². The zero-order chi connectivity index (χ0) is 13.2. The molecule has 0 atom stereocenters. The van der Waals surface area contributed by atoms with Gasteiger partial charge in [-0.3, -0.25) is 9.82 Å².